The van der Waals surface area contributed by atoms with Gasteiger partial charge in [-0.15, -0.1) is 0 Å². The van der Waals surface area contributed by atoms with Gasteiger partial charge in [0.15, 0.2) is 0 Å². The van der Waals surface area contributed by atoms with Gasteiger partial charge in [0.25, 0.3) is 0 Å². The zero-order valence-corrected chi connectivity index (χ0v) is 19.1. The largest absolute Gasteiger partial charge is 0.491 e. The summed E-state index contributed by atoms with van der Waals surface area (Å²) in [6.45, 7) is 1.21. The summed E-state index contributed by atoms with van der Waals surface area (Å²) in [6.07, 6.45) is 5.47. The van der Waals surface area contributed by atoms with E-state index in [0.29, 0.717) is 13.2 Å². The Morgan fingerprint density at radius 1 is 0.471 bits per heavy atom. The lowest BCUT2D eigenvalue weighted by Gasteiger charge is -2.10. The van der Waals surface area contributed by atoms with Crippen molar-refractivity contribution in [1.29, 1.82) is 0 Å². The fraction of sp³-hybridized carbons (Fsp3) is 0.133. The van der Waals surface area contributed by atoms with E-state index in [-0.39, 0.29) is 0 Å². The average Bonchev–Trinajstić information content (AvgIpc) is 2.90. The maximum atomic E-state index is 6.00. The van der Waals surface area contributed by atoms with Crippen molar-refractivity contribution in [3.63, 3.8) is 0 Å². The molecule has 4 aromatic carbocycles. The number of hydrogen-bond donors (Lipinski definition) is 0. The van der Waals surface area contributed by atoms with E-state index < -0.39 is 0 Å². The molecule has 0 spiro atoms. The van der Waals surface area contributed by atoms with E-state index >= 15 is 0 Å². The maximum absolute atomic E-state index is 6.00. The molecule has 0 saturated heterocycles. The molecule has 4 aromatic rings. The molecule has 34 heavy (non-hydrogen) atoms. The number of benzene rings is 4. The summed E-state index contributed by atoms with van der Waals surface area (Å²) in [5.74, 6) is 1.58. The Bertz CT molecular complexity index is 1110. The van der Waals surface area contributed by atoms with Crippen molar-refractivity contribution in [2.45, 2.75) is 12.8 Å². The second-order valence-electron chi connectivity index (χ2n) is 7.68. The Labute approximate surface area is 201 Å². The van der Waals surface area contributed by atoms with Crippen molar-refractivity contribution in [3.05, 3.63) is 120 Å². The fourth-order valence-corrected chi connectivity index (χ4v) is 3.31. The summed E-state index contributed by atoms with van der Waals surface area (Å²) in [7, 11) is 0. The van der Waals surface area contributed by atoms with Crippen LogP contribution in [0, 0.1) is 0 Å². The molecule has 0 heterocycles. The molecule has 4 nitrogen and oxygen atoms in total. The molecule has 0 bridgehead atoms. The number of rotatable bonds is 11. The highest BCUT2D eigenvalue weighted by Gasteiger charge is 2.03. The highest BCUT2D eigenvalue weighted by Crippen LogP contribution is 2.28. The van der Waals surface area contributed by atoms with Gasteiger partial charge in [0.1, 0.15) is 22.9 Å². The molecule has 0 aliphatic heterocycles. The van der Waals surface area contributed by atoms with Crippen LogP contribution in [0.25, 0.3) is 0 Å². The lowest BCUT2D eigenvalue weighted by atomic mass is 10.2. The third-order valence-electron chi connectivity index (χ3n) is 5.09. The van der Waals surface area contributed by atoms with Crippen molar-refractivity contribution < 1.29 is 9.47 Å². The molecule has 0 unspecified atom stereocenters. The predicted octanol–water partition coefficient (Wildman–Crippen LogP) is 7.43. The average molecular weight is 449 g/mol. The van der Waals surface area contributed by atoms with Crippen LogP contribution in [-0.4, -0.2) is 25.6 Å². The second kappa shape index (κ2) is 12.8. The van der Waals surface area contributed by atoms with Crippen LogP contribution in [0.3, 0.4) is 0 Å². The van der Waals surface area contributed by atoms with Crippen LogP contribution in [0.15, 0.2) is 119 Å². The zero-order valence-electron chi connectivity index (χ0n) is 19.1. The molecule has 0 aliphatic rings. The van der Waals surface area contributed by atoms with Gasteiger partial charge in [-0.1, -0.05) is 84.9 Å². The van der Waals surface area contributed by atoms with E-state index in [4.69, 9.17) is 9.47 Å². The molecule has 0 saturated carbocycles. The van der Waals surface area contributed by atoms with Crippen LogP contribution in [0.2, 0.25) is 0 Å². The highest BCUT2D eigenvalue weighted by atomic mass is 16.5. The van der Waals surface area contributed by atoms with Gasteiger partial charge in [-0.05, 0) is 48.2 Å². The summed E-state index contributed by atoms with van der Waals surface area (Å²) in [5, 5.41) is 0. The zero-order chi connectivity index (χ0) is 23.3. The second-order valence-corrected chi connectivity index (χ2v) is 7.68. The van der Waals surface area contributed by atoms with E-state index in [9.17, 15) is 0 Å². The van der Waals surface area contributed by atoms with Gasteiger partial charge in [-0.3, -0.25) is 9.98 Å². The summed E-state index contributed by atoms with van der Waals surface area (Å²) in [6, 6.07) is 35.8. The van der Waals surface area contributed by atoms with E-state index in [1.807, 2.05) is 122 Å². The first-order chi connectivity index (χ1) is 16.9. The summed E-state index contributed by atoms with van der Waals surface area (Å²) in [5.41, 5.74) is 3.77. The number of unbranched alkanes of at least 4 members (excludes halogenated alkanes) is 1. The number of aliphatic imine (C=N–C) groups is 2. The third kappa shape index (κ3) is 7.17. The summed E-state index contributed by atoms with van der Waals surface area (Å²) >= 11 is 0. The van der Waals surface area contributed by atoms with E-state index in [1.165, 1.54) is 0 Å². The molecular weight excluding hydrogens is 420 g/mol. The molecule has 170 valence electrons. The third-order valence-corrected chi connectivity index (χ3v) is 5.09. The fourth-order valence-electron chi connectivity index (χ4n) is 3.31. The molecule has 0 N–H and O–H groups in total. The van der Waals surface area contributed by atoms with Gasteiger partial charge in [0, 0.05) is 12.4 Å². The summed E-state index contributed by atoms with van der Waals surface area (Å²) < 4.78 is 12.0. The molecule has 0 atom stereocenters. The van der Waals surface area contributed by atoms with Gasteiger partial charge < -0.3 is 9.47 Å². The minimum atomic E-state index is 0.606. The van der Waals surface area contributed by atoms with Gasteiger partial charge in [-0.2, -0.15) is 0 Å². The lowest BCUT2D eigenvalue weighted by molar-refractivity contribution is 0.267. The van der Waals surface area contributed by atoms with Crippen molar-refractivity contribution in [2.24, 2.45) is 9.98 Å². The normalized spacial score (nSPS) is 11.2. The maximum Gasteiger partial charge on any atom is 0.144 e. The smallest absolute Gasteiger partial charge is 0.144 e. The highest BCUT2D eigenvalue weighted by molar-refractivity contribution is 5.83. The minimum absolute atomic E-state index is 0.606. The van der Waals surface area contributed by atoms with E-state index in [1.54, 1.807) is 0 Å². The first-order valence-electron chi connectivity index (χ1n) is 11.5. The van der Waals surface area contributed by atoms with Crippen LogP contribution in [0.4, 0.5) is 11.4 Å². The SMILES string of the molecule is C(=Nc1ccccc1OCCCCOc1ccccc1N=Cc1ccccc1)c1ccccc1. The van der Waals surface area contributed by atoms with Crippen LogP contribution < -0.4 is 9.47 Å². The van der Waals surface area contributed by atoms with Crippen LogP contribution in [0.5, 0.6) is 11.5 Å². The van der Waals surface area contributed by atoms with Gasteiger partial charge in [0.05, 0.1) is 13.2 Å². The van der Waals surface area contributed by atoms with Crippen molar-refractivity contribution in [1.82, 2.24) is 0 Å². The number of para-hydroxylation sites is 4. The molecule has 0 radical (unpaired) electrons. The molecule has 4 heteroatoms. The van der Waals surface area contributed by atoms with Crippen LogP contribution in [-0.2, 0) is 0 Å². The Balaban J connectivity index is 1.24. The molecule has 4 rings (SSSR count). The first-order valence-corrected chi connectivity index (χ1v) is 11.5. The number of ether oxygens (including phenoxy) is 2. The topological polar surface area (TPSA) is 43.2 Å². The van der Waals surface area contributed by atoms with Gasteiger partial charge >= 0.3 is 0 Å². The van der Waals surface area contributed by atoms with Gasteiger partial charge in [0.2, 0.25) is 0 Å². The quantitative estimate of drug-likeness (QED) is 0.177. The van der Waals surface area contributed by atoms with E-state index in [2.05, 4.69) is 9.98 Å². The Hall–Kier alpha value is -4.18. The van der Waals surface area contributed by atoms with Crippen molar-refractivity contribution in [3.8, 4) is 11.5 Å². The molecule has 0 aromatic heterocycles. The summed E-state index contributed by atoms with van der Waals surface area (Å²) in [4.78, 5) is 9.18. The first kappa shape index (κ1) is 23.0. The van der Waals surface area contributed by atoms with Crippen molar-refractivity contribution in [2.75, 3.05) is 13.2 Å². The Morgan fingerprint density at radius 3 is 1.29 bits per heavy atom. The number of hydrogen-bond acceptors (Lipinski definition) is 4. The Morgan fingerprint density at radius 2 is 0.853 bits per heavy atom. The monoisotopic (exact) mass is 448 g/mol. The van der Waals surface area contributed by atoms with Crippen molar-refractivity contribution >= 4 is 23.8 Å². The molecule has 0 amide bonds. The van der Waals surface area contributed by atoms with Gasteiger partial charge in [-0.25, -0.2) is 0 Å². The molecular formula is C30H28N2O2. The standard InChI is InChI=1S/C30H28N2O2/c1-3-13-25(14-4-1)23-31-27-17-7-9-19-29(27)33-21-11-12-22-34-30-20-10-8-18-28(30)32-24-26-15-5-2-6-16-26/h1-10,13-20,23-24H,11-12,21-22H2. The number of nitrogens with zero attached hydrogens (tertiary/aromatic N) is 2. The van der Waals surface area contributed by atoms with E-state index in [0.717, 1.165) is 46.8 Å². The predicted molar refractivity (Wildman–Crippen MR) is 140 cm³/mol. The van der Waals surface area contributed by atoms with Crippen LogP contribution in [0.1, 0.15) is 24.0 Å². The van der Waals surface area contributed by atoms with Crippen LogP contribution >= 0.6 is 0 Å². The lowest BCUT2D eigenvalue weighted by Crippen LogP contribution is -2.03. The molecule has 0 aliphatic carbocycles. The Kier molecular flexibility index (Phi) is 8.63. The molecule has 0 fully saturated rings. The minimum Gasteiger partial charge on any atom is -0.491 e.